The van der Waals surface area contributed by atoms with Crippen LogP contribution in [0, 0.1) is 0 Å². The average Bonchev–Trinajstić information content (AvgIpc) is 1.90. The summed E-state index contributed by atoms with van der Waals surface area (Å²) >= 11 is 1.84. The van der Waals surface area contributed by atoms with E-state index in [2.05, 4.69) is 0 Å². The highest BCUT2D eigenvalue weighted by atomic mass is 32.2. The first-order chi connectivity index (χ1) is 4.30. The van der Waals surface area contributed by atoms with Gasteiger partial charge in [0.2, 0.25) is 0 Å². The highest BCUT2D eigenvalue weighted by Gasteiger charge is 2.12. The summed E-state index contributed by atoms with van der Waals surface area (Å²) in [4.78, 5) is 11.9. The molecule has 1 radical (unpaired) electrons. The number of amides is 2. The fraction of sp³-hybridized carbons (Fsp3) is 0.800. The third kappa shape index (κ3) is 1.78. The van der Waals surface area contributed by atoms with Gasteiger partial charge in [0.05, 0.1) is 0 Å². The van der Waals surface area contributed by atoms with Gasteiger partial charge >= 0.3 is 6.03 Å². The second-order valence-corrected chi connectivity index (χ2v) is 3.13. The van der Waals surface area contributed by atoms with Gasteiger partial charge in [-0.15, -0.1) is 0 Å². The topological polar surface area (TPSA) is 44.1 Å². The first-order valence-corrected chi connectivity index (χ1v) is 4.04. The van der Waals surface area contributed by atoms with E-state index in [1.807, 2.05) is 11.8 Å². The lowest BCUT2D eigenvalue weighted by Crippen LogP contribution is -2.37. The molecule has 2 amide bonds. The van der Waals surface area contributed by atoms with Gasteiger partial charge in [-0.3, -0.25) is 0 Å². The standard InChI is InChI=1S/C5H9N2OS/c6-5(8)7-1-3-9-4-2-7/h6H,1-4H2. The fourth-order valence-corrected chi connectivity index (χ4v) is 1.67. The molecule has 1 fully saturated rings. The Kier molecular flexibility index (Phi) is 2.22. The van der Waals surface area contributed by atoms with Crippen molar-refractivity contribution in [3.05, 3.63) is 0 Å². The number of nitrogens with one attached hydrogen (secondary N) is 1. The van der Waals surface area contributed by atoms with Crippen LogP contribution < -0.4 is 5.73 Å². The molecule has 0 bridgehead atoms. The van der Waals surface area contributed by atoms with Gasteiger partial charge in [0.15, 0.2) is 0 Å². The molecule has 0 aromatic heterocycles. The Balaban J connectivity index is 2.31. The van der Waals surface area contributed by atoms with Crippen molar-refractivity contribution in [2.75, 3.05) is 24.6 Å². The summed E-state index contributed by atoms with van der Waals surface area (Å²) in [7, 11) is 0. The van der Waals surface area contributed by atoms with Crippen molar-refractivity contribution in [3.63, 3.8) is 0 Å². The van der Waals surface area contributed by atoms with Gasteiger partial charge in [0.1, 0.15) is 0 Å². The third-order valence-corrected chi connectivity index (χ3v) is 2.24. The molecule has 0 aromatic rings. The maximum atomic E-state index is 10.4. The van der Waals surface area contributed by atoms with Crippen LogP contribution in [0.25, 0.3) is 0 Å². The van der Waals surface area contributed by atoms with Gasteiger partial charge in [0, 0.05) is 24.6 Å². The molecule has 0 spiro atoms. The van der Waals surface area contributed by atoms with Gasteiger partial charge in [-0.2, -0.15) is 11.8 Å². The van der Waals surface area contributed by atoms with Crippen molar-refractivity contribution < 1.29 is 4.79 Å². The van der Waals surface area contributed by atoms with Crippen LogP contribution in [0.5, 0.6) is 0 Å². The van der Waals surface area contributed by atoms with Crippen molar-refractivity contribution in [2.45, 2.75) is 0 Å². The molecule has 0 atom stereocenters. The summed E-state index contributed by atoms with van der Waals surface area (Å²) in [5.74, 6) is 1.98. The molecule has 1 rings (SSSR count). The SMILES string of the molecule is [NH]C(=O)N1CCSCC1. The van der Waals surface area contributed by atoms with E-state index in [1.165, 1.54) is 0 Å². The van der Waals surface area contributed by atoms with Gasteiger partial charge < -0.3 is 4.90 Å². The maximum Gasteiger partial charge on any atom is 0.336 e. The molecule has 0 unspecified atom stereocenters. The summed E-state index contributed by atoms with van der Waals surface area (Å²) in [6, 6.07) is -0.532. The van der Waals surface area contributed by atoms with Crippen LogP contribution in [0.3, 0.4) is 0 Å². The molecule has 3 nitrogen and oxygen atoms in total. The van der Waals surface area contributed by atoms with E-state index in [-0.39, 0.29) is 0 Å². The lowest BCUT2D eigenvalue weighted by Gasteiger charge is -2.23. The molecule has 1 N–H and O–H groups in total. The molecule has 1 heterocycles. The van der Waals surface area contributed by atoms with Crippen LogP contribution in [0.4, 0.5) is 4.79 Å². The maximum absolute atomic E-state index is 10.4. The van der Waals surface area contributed by atoms with Crippen LogP contribution in [0.2, 0.25) is 0 Å². The Hall–Kier alpha value is -0.380. The largest absolute Gasteiger partial charge is 0.336 e. The number of hydrogen-bond donors (Lipinski definition) is 0. The molecule has 4 heteroatoms. The minimum atomic E-state index is -0.532. The minimum absolute atomic E-state index is 0.532. The number of urea groups is 1. The molecule has 1 aliphatic heterocycles. The molecular formula is C5H9N2OS. The monoisotopic (exact) mass is 145 g/mol. The Bertz CT molecular complexity index is 112. The lowest BCUT2D eigenvalue weighted by atomic mass is 10.5. The molecule has 51 valence electrons. The number of hydrogen-bond acceptors (Lipinski definition) is 2. The Morgan fingerprint density at radius 1 is 1.44 bits per heavy atom. The zero-order chi connectivity index (χ0) is 6.69. The van der Waals surface area contributed by atoms with Gasteiger partial charge in [0.25, 0.3) is 0 Å². The van der Waals surface area contributed by atoms with Crippen molar-refractivity contribution in [1.29, 1.82) is 0 Å². The van der Waals surface area contributed by atoms with E-state index in [4.69, 9.17) is 5.73 Å². The molecule has 0 aliphatic carbocycles. The summed E-state index contributed by atoms with van der Waals surface area (Å²) in [6.45, 7) is 1.51. The highest BCUT2D eigenvalue weighted by Crippen LogP contribution is 2.08. The lowest BCUT2D eigenvalue weighted by molar-refractivity contribution is 0.211. The van der Waals surface area contributed by atoms with Gasteiger partial charge in [-0.25, -0.2) is 10.5 Å². The normalized spacial score (nSPS) is 19.8. The van der Waals surface area contributed by atoms with Crippen molar-refractivity contribution >= 4 is 17.8 Å². The van der Waals surface area contributed by atoms with Crippen LogP contribution in [0.1, 0.15) is 0 Å². The summed E-state index contributed by atoms with van der Waals surface area (Å²) in [6.07, 6.45) is 0. The molecule has 0 aromatic carbocycles. The van der Waals surface area contributed by atoms with E-state index in [0.29, 0.717) is 0 Å². The first-order valence-electron chi connectivity index (χ1n) is 2.89. The fourth-order valence-electron chi connectivity index (χ4n) is 0.766. The number of thioether (sulfide) groups is 1. The molecule has 9 heavy (non-hydrogen) atoms. The second kappa shape index (κ2) is 2.96. The quantitative estimate of drug-likeness (QED) is 0.496. The number of rotatable bonds is 0. The predicted octanol–water partition coefficient (Wildman–Crippen LogP) is 0.438. The molecular weight excluding hydrogens is 136 g/mol. The van der Waals surface area contributed by atoms with Crippen LogP contribution in [0.15, 0.2) is 0 Å². The van der Waals surface area contributed by atoms with Crippen molar-refractivity contribution in [3.8, 4) is 0 Å². The third-order valence-electron chi connectivity index (χ3n) is 1.30. The number of carbonyl (C=O) groups excluding carboxylic acids is 1. The van der Waals surface area contributed by atoms with E-state index < -0.39 is 6.03 Å². The van der Waals surface area contributed by atoms with Crippen molar-refractivity contribution in [1.82, 2.24) is 10.6 Å². The first kappa shape index (κ1) is 6.74. The van der Waals surface area contributed by atoms with E-state index in [1.54, 1.807) is 4.90 Å². The molecule has 1 saturated heterocycles. The minimum Gasteiger partial charge on any atom is -0.322 e. The van der Waals surface area contributed by atoms with Crippen molar-refractivity contribution in [2.24, 2.45) is 0 Å². The van der Waals surface area contributed by atoms with E-state index in [9.17, 15) is 4.79 Å². The average molecular weight is 145 g/mol. The van der Waals surface area contributed by atoms with Crippen LogP contribution >= 0.6 is 11.8 Å². The summed E-state index contributed by atoms with van der Waals surface area (Å²) in [5, 5.41) is 0. The second-order valence-electron chi connectivity index (χ2n) is 1.90. The summed E-state index contributed by atoms with van der Waals surface area (Å²) in [5.41, 5.74) is 6.75. The Morgan fingerprint density at radius 2 is 2.00 bits per heavy atom. The Labute approximate surface area is 58.6 Å². The number of carbonyl (C=O) groups is 1. The zero-order valence-corrected chi connectivity index (χ0v) is 5.91. The Morgan fingerprint density at radius 3 is 2.33 bits per heavy atom. The van der Waals surface area contributed by atoms with Crippen LogP contribution in [-0.2, 0) is 0 Å². The van der Waals surface area contributed by atoms with E-state index in [0.717, 1.165) is 24.6 Å². The molecule has 0 saturated carbocycles. The van der Waals surface area contributed by atoms with Gasteiger partial charge in [-0.05, 0) is 0 Å². The van der Waals surface area contributed by atoms with E-state index >= 15 is 0 Å². The summed E-state index contributed by atoms with van der Waals surface area (Å²) < 4.78 is 0. The number of nitrogens with zero attached hydrogens (tertiary/aromatic N) is 1. The predicted molar refractivity (Wildman–Crippen MR) is 37.4 cm³/mol. The van der Waals surface area contributed by atoms with Gasteiger partial charge in [-0.1, -0.05) is 0 Å². The smallest absolute Gasteiger partial charge is 0.322 e. The van der Waals surface area contributed by atoms with Crippen LogP contribution in [-0.4, -0.2) is 35.5 Å². The zero-order valence-electron chi connectivity index (χ0n) is 5.09. The highest BCUT2D eigenvalue weighted by molar-refractivity contribution is 7.99. The molecule has 1 aliphatic rings.